The van der Waals surface area contributed by atoms with Crippen molar-refractivity contribution in [2.24, 2.45) is 5.73 Å². The lowest BCUT2D eigenvalue weighted by molar-refractivity contribution is 0.404. The second-order valence-electron chi connectivity index (χ2n) is 3.49. The Morgan fingerprint density at radius 1 is 1.29 bits per heavy atom. The molecule has 88 valence electrons. The maximum absolute atomic E-state index is 11.5. The fraction of sp³-hybridized carbons (Fsp3) is 0.0909. The molecule has 0 saturated heterocycles. The van der Waals surface area contributed by atoms with E-state index >= 15 is 0 Å². The smallest absolute Gasteiger partial charge is 0.255 e. The van der Waals surface area contributed by atoms with Gasteiger partial charge < -0.3 is 20.9 Å². The van der Waals surface area contributed by atoms with Gasteiger partial charge >= 0.3 is 0 Å². The number of hydrogen-bond acceptors (Lipinski definition) is 5. The summed E-state index contributed by atoms with van der Waals surface area (Å²) < 4.78 is 0. The van der Waals surface area contributed by atoms with Gasteiger partial charge in [-0.3, -0.25) is 4.79 Å². The monoisotopic (exact) mass is 233 g/mol. The standard InChI is InChI=1S/C11H11N3O3/c12-4-7-5-13-10(14-11(7)17)6-1-2-8(15)9(16)3-6/h1-3,5,15-16H,4,12H2,(H,13,14,17). The maximum Gasteiger partial charge on any atom is 0.255 e. The molecule has 2 rings (SSSR count). The lowest BCUT2D eigenvalue weighted by atomic mass is 10.2. The number of hydrogen-bond donors (Lipinski definition) is 4. The molecule has 0 unspecified atom stereocenters. The Morgan fingerprint density at radius 2 is 2.06 bits per heavy atom. The number of aromatic amines is 1. The summed E-state index contributed by atoms with van der Waals surface area (Å²) in [7, 11) is 0. The van der Waals surface area contributed by atoms with Gasteiger partial charge in [0.25, 0.3) is 5.56 Å². The van der Waals surface area contributed by atoms with Gasteiger partial charge in [0.15, 0.2) is 11.5 Å². The molecular formula is C11H11N3O3. The molecule has 0 bridgehead atoms. The molecule has 17 heavy (non-hydrogen) atoms. The SMILES string of the molecule is NCc1cnc(-c2ccc(O)c(O)c2)[nH]c1=O. The summed E-state index contributed by atoms with van der Waals surface area (Å²) in [4.78, 5) is 18.1. The van der Waals surface area contributed by atoms with E-state index in [4.69, 9.17) is 10.8 Å². The molecule has 0 aliphatic rings. The van der Waals surface area contributed by atoms with E-state index in [0.29, 0.717) is 17.0 Å². The predicted molar refractivity (Wildman–Crippen MR) is 61.5 cm³/mol. The van der Waals surface area contributed by atoms with E-state index in [1.165, 1.54) is 24.4 Å². The molecule has 2 aromatic rings. The molecule has 0 aliphatic heterocycles. The van der Waals surface area contributed by atoms with Crippen LogP contribution in [0.15, 0.2) is 29.2 Å². The number of phenols is 2. The van der Waals surface area contributed by atoms with Gasteiger partial charge in [-0.05, 0) is 18.2 Å². The second-order valence-corrected chi connectivity index (χ2v) is 3.49. The third kappa shape index (κ3) is 2.11. The largest absolute Gasteiger partial charge is 0.504 e. The topological polar surface area (TPSA) is 112 Å². The highest BCUT2D eigenvalue weighted by Gasteiger charge is 2.06. The number of nitrogens with zero attached hydrogens (tertiary/aromatic N) is 1. The van der Waals surface area contributed by atoms with Crippen molar-refractivity contribution in [1.82, 2.24) is 9.97 Å². The Hall–Kier alpha value is -2.34. The Balaban J connectivity index is 2.50. The van der Waals surface area contributed by atoms with Crippen molar-refractivity contribution in [2.45, 2.75) is 6.54 Å². The third-order valence-corrected chi connectivity index (χ3v) is 2.34. The Morgan fingerprint density at radius 3 is 2.65 bits per heavy atom. The molecule has 1 heterocycles. The summed E-state index contributed by atoms with van der Waals surface area (Å²) in [6.45, 7) is 0.115. The van der Waals surface area contributed by atoms with Crippen LogP contribution >= 0.6 is 0 Å². The maximum atomic E-state index is 11.5. The van der Waals surface area contributed by atoms with Gasteiger partial charge in [-0.25, -0.2) is 4.98 Å². The van der Waals surface area contributed by atoms with Crippen LogP contribution in [0.25, 0.3) is 11.4 Å². The number of aromatic nitrogens is 2. The van der Waals surface area contributed by atoms with Gasteiger partial charge in [0.05, 0.1) is 0 Å². The van der Waals surface area contributed by atoms with Crippen molar-refractivity contribution in [3.05, 3.63) is 40.3 Å². The van der Waals surface area contributed by atoms with E-state index in [2.05, 4.69) is 9.97 Å². The number of nitrogens with one attached hydrogen (secondary N) is 1. The summed E-state index contributed by atoms with van der Waals surface area (Å²) in [5.74, 6) is -0.190. The predicted octanol–water partition coefficient (Wildman–Crippen LogP) is 0.307. The van der Waals surface area contributed by atoms with Gasteiger partial charge in [-0.15, -0.1) is 0 Å². The van der Waals surface area contributed by atoms with Gasteiger partial charge in [-0.2, -0.15) is 0 Å². The van der Waals surface area contributed by atoms with Crippen LogP contribution in [0.4, 0.5) is 0 Å². The first kappa shape index (κ1) is 11.2. The van der Waals surface area contributed by atoms with Gasteiger partial charge in [-0.1, -0.05) is 0 Å². The molecule has 5 N–H and O–H groups in total. The number of aromatic hydroxyl groups is 2. The van der Waals surface area contributed by atoms with Gasteiger partial charge in [0, 0.05) is 23.9 Å². The van der Waals surface area contributed by atoms with Crippen LogP contribution < -0.4 is 11.3 Å². The lowest BCUT2D eigenvalue weighted by Crippen LogP contribution is -2.17. The molecule has 6 nitrogen and oxygen atoms in total. The van der Waals surface area contributed by atoms with E-state index in [1.54, 1.807) is 0 Å². The minimum absolute atomic E-state index is 0.115. The third-order valence-electron chi connectivity index (χ3n) is 2.34. The van der Waals surface area contributed by atoms with Crippen molar-refractivity contribution >= 4 is 0 Å². The van der Waals surface area contributed by atoms with Crippen LogP contribution in [0.2, 0.25) is 0 Å². The Bertz CT molecular complexity index is 607. The summed E-state index contributed by atoms with van der Waals surface area (Å²) in [5, 5.41) is 18.5. The number of nitrogens with two attached hydrogens (primary N) is 1. The van der Waals surface area contributed by atoms with Crippen LogP contribution in [0, 0.1) is 0 Å². The minimum atomic E-state index is -0.315. The van der Waals surface area contributed by atoms with Crippen LogP contribution in [-0.2, 0) is 6.54 Å². The van der Waals surface area contributed by atoms with E-state index in [-0.39, 0.29) is 23.6 Å². The van der Waals surface area contributed by atoms with Gasteiger partial charge in [0.2, 0.25) is 0 Å². The number of phenolic OH excluding ortho intramolecular Hbond substituents is 2. The summed E-state index contributed by atoms with van der Waals surface area (Å²) in [6.07, 6.45) is 1.39. The molecule has 0 amide bonds. The van der Waals surface area contributed by atoms with E-state index in [1.807, 2.05) is 0 Å². The molecule has 1 aromatic heterocycles. The van der Waals surface area contributed by atoms with Gasteiger partial charge in [0.1, 0.15) is 5.82 Å². The van der Waals surface area contributed by atoms with Crippen molar-refractivity contribution in [3.8, 4) is 22.9 Å². The van der Waals surface area contributed by atoms with E-state index in [0.717, 1.165) is 0 Å². The van der Waals surface area contributed by atoms with Crippen molar-refractivity contribution < 1.29 is 10.2 Å². The molecule has 0 atom stereocenters. The average Bonchev–Trinajstić information content (AvgIpc) is 2.32. The Labute approximate surface area is 96.4 Å². The molecule has 6 heteroatoms. The Kier molecular flexibility index (Phi) is 2.80. The first-order chi connectivity index (χ1) is 8.11. The number of H-pyrrole nitrogens is 1. The lowest BCUT2D eigenvalue weighted by Gasteiger charge is -2.03. The van der Waals surface area contributed by atoms with E-state index in [9.17, 15) is 9.90 Å². The number of benzene rings is 1. The summed E-state index contributed by atoms with van der Waals surface area (Å²) >= 11 is 0. The molecular weight excluding hydrogens is 222 g/mol. The first-order valence-corrected chi connectivity index (χ1v) is 4.92. The van der Waals surface area contributed by atoms with Crippen LogP contribution in [-0.4, -0.2) is 20.2 Å². The second kappa shape index (κ2) is 4.26. The zero-order valence-corrected chi connectivity index (χ0v) is 8.84. The highest BCUT2D eigenvalue weighted by atomic mass is 16.3. The fourth-order valence-electron chi connectivity index (χ4n) is 1.38. The highest BCUT2D eigenvalue weighted by Crippen LogP contribution is 2.28. The van der Waals surface area contributed by atoms with Crippen molar-refractivity contribution in [3.63, 3.8) is 0 Å². The zero-order chi connectivity index (χ0) is 12.4. The average molecular weight is 233 g/mol. The highest BCUT2D eigenvalue weighted by molar-refractivity contribution is 5.60. The van der Waals surface area contributed by atoms with Crippen LogP contribution in [0.1, 0.15) is 5.56 Å². The molecule has 0 saturated carbocycles. The minimum Gasteiger partial charge on any atom is -0.504 e. The normalized spacial score (nSPS) is 10.4. The number of rotatable bonds is 2. The van der Waals surface area contributed by atoms with E-state index < -0.39 is 0 Å². The molecule has 1 aromatic carbocycles. The summed E-state index contributed by atoms with van der Waals surface area (Å²) in [6, 6.07) is 4.17. The van der Waals surface area contributed by atoms with Crippen molar-refractivity contribution in [2.75, 3.05) is 0 Å². The summed E-state index contributed by atoms with van der Waals surface area (Å²) in [5.41, 5.74) is 5.92. The van der Waals surface area contributed by atoms with Crippen molar-refractivity contribution in [1.29, 1.82) is 0 Å². The quantitative estimate of drug-likeness (QED) is 0.557. The first-order valence-electron chi connectivity index (χ1n) is 4.92. The molecule has 0 radical (unpaired) electrons. The van der Waals surface area contributed by atoms with Crippen LogP contribution in [0.3, 0.4) is 0 Å². The zero-order valence-electron chi connectivity index (χ0n) is 8.84. The molecule has 0 spiro atoms. The fourth-order valence-corrected chi connectivity index (χ4v) is 1.38. The molecule has 0 fully saturated rings. The molecule has 0 aliphatic carbocycles. The van der Waals surface area contributed by atoms with Crippen LogP contribution in [0.5, 0.6) is 11.5 Å².